The Balaban J connectivity index is 2.07. The molecule has 0 spiro atoms. The summed E-state index contributed by atoms with van der Waals surface area (Å²) in [6, 6.07) is 6.17. The third-order valence-electron chi connectivity index (χ3n) is 2.85. The number of thioether (sulfide) groups is 1. The van der Waals surface area contributed by atoms with Crippen molar-refractivity contribution in [1.29, 1.82) is 0 Å². The SMILES string of the molecule is Cc1cccc(SCc2csc(C(C)(C)C)n2)c1N. The molecule has 1 aromatic carbocycles. The number of aryl methyl sites for hydroxylation is 1. The van der Waals surface area contributed by atoms with E-state index in [-0.39, 0.29) is 5.41 Å². The molecular formula is C15H20N2S2. The molecule has 2 N–H and O–H groups in total. The van der Waals surface area contributed by atoms with Crippen LogP contribution in [0.15, 0.2) is 28.5 Å². The molecule has 19 heavy (non-hydrogen) atoms. The summed E-state index contributed by atoms with van der Waals surface area (Å²) in [5.74, 6) is 0.875. The van der Waals surface area contributed by atoms with Crippen molar-refractivity contribution in [1.82, 2.24) is 4.98 Å². The van der Waals surface area contributed by atoms with Crippen LogP contribution in [0.3, 0.4) is 0 Å². The lowest BCUT2D eigenvalue weighted by molar-refractivity contribution is 0.584. The molecule has 4 heteroatoms. The zero-order valence-corrected chi connectivity index (χ0v) is 13.5. The Morgan fingerprint density at radius 1 is 1.32 bits per heavy atom. The normalized spacial score (nSPS) is 11.8. The van der Waals surface area contributed by atoms with Gasteiger partial charge >= 0.3 is 0 Å². The molecule has 0 saturated carbocycles. The van der Waals surface area contributed by atoms with Gasteiger partial charge in [0, 0.05) is 27.1 Å². The highest BCUT2D eigenvalue weighted by atomic mass is 32.2. The molecule has 102 valence electrons. The van der Waals surface area contributed by atoms with Gasteiger partial charge in [-0.25, -0.2) is 4.98 Å². The van der Waals surface area contributed by atoms with Crippen LogP contribution in [0, 0.1) is 6.92 Å². The Kier molecular flexibility index (Phi) is 4.21. The maximum atomic E-state index is 6.08. The van der Waals surface area contributed by atoms with E-state index in [4.69, 9.17) is 10.7 Å². The van der Waals surface area contributed by atoms with E-state index < -0.39 is 0 Å². The van der Waals surface area contributed by atoms with Gasteiger partial charge in [0.1, 0.15) is 0 Å². The van der Waals surface area contributed by atoms with Crippen molar-refractivity contribution in [3.63, 3.8) is 0 Å². The zero-order chi connectivity index (χ0) is 14.0. The Morgan fingerprint density at radius 2 is 2.05 bits per heavy atom. The molecule has 2 aromatic rings. The summed E-state index contributed by atoms with van der Waals surface area (Å²) in [5, 5.41) is 3.35. The van der Waals surface area contributed by atoms with Crippen molar-refractivity contribution < 1.29 is 0 Å². The fourth-order valence-corrected chi connectivity index (χ4v) is 3.60. The highest BCUT2D eigenvalue weighted by Crippen LogP contribution is 2.32. The van der Waals surface area contributed by atoms with Crippen molar-refractivity contribution in [3.8, 4) is 0 Å². The van der Waals surface area contributed by atoms with Crippen LogP contribution < -0.4 is 5.73 Å². The van der Waals surface area contributed by atoms with E-state index in [0.717, 1.165) is 27.6 Å². The molecule has 2 rings (SSSR count). The fourth-order valence-electron chi connectivity index (χ4n) is 1.65. The third kappa shape index (κ3) is 3.51. The van der Waals surface area contributed by atoms with Crippen LogP contribution in [-0.4, -0.2) is 4.98 Å². The smallest absolute Gasteiger partial charge is 0.0982 e. The van der Waals surface area contributed by atoms with Gasteiger partial charge in [0.2, 0.25) is 0 Å². The third-order valence-corrected chi connectivity index (χ3v) is 5.28. The lowest BCUT2D eigenvalue weighted by Gasteiger charge is -2.13. The highest BCUT2D eigenvalue weighted by molar-refractivity contribution is 7.98. The second kappa shape index (κ2) is 5.55. The van der Waals surface area contributed by atoms with E-state index in [2.05, 4.69) is 38.3 Å². The Bertz CT molecular complexity index is 568. The first kappa shape index (κ1) is 14.4. The van der Waals surface area contributed by atoms with Crippen LogP contribution >= 0.6 is 23.1 Å². The number of benzene rings is 1. The molecule has 0 unspecified atom stereocenters. The second-order valence-corrected chi connectivity index (χ2v) is 7.54. The Labute approximate surface area is 123 Å². The van der Waals surface area contributed by atoms with E-state index in [1.807, 2.05) is 13.0 Å². The standard InChI is InChI=1S/C15H20N2S2/c1-10-6-5-7-12(13(10)16)18-8-11-9-19-14(17-11)15(2,3)4/h5-7,9H,8,16H2,1-4H3. The number of rotatable bonds is 3. The van der Waals surface area contributed by atoms with Crippen molar-refractivity contribution in [3.05, 3.63) is 39.8 Å². The maximum absolute atomic E-state index is 6.08. The van der Waals surface area contributed by atoms with Crippen molar-refractivity contribution in [2.45, 2.75) is 43.8 Å². The lowest BCUT2D eigenvalue weighted by Crippen LogP contribution is -2.10. The molecule has 0 radical (unpaired) electrons. The van der Waals surface area contributed by atoms with Gasteiger partial charge in [-0.2, -0.15) is 0 Å². The summed E-state index contributed by atoms with van der Waals surface area (Å²) in [6.07, 6.45) is 0. The first-order valence-corrected chi connectivity index (χ1v) is 8.17. The van der Waals surface area contributed by atoms with Gasteiger partial charge in [0.25, 0.3) is 0 Å². The first-order chi connectivity index (χ1) is 8.88. The first-order valence-electron chi connectivity index (χ1n) is 6.30. The van der Waals surface area contributed by atoms with Gasteiger partial charge in [-0.05, 0) is 18.6 Å². The molecule has 0 saturated heterocycles. The van der Waals surface area contributed by atoms with E-state index in [1.54, 1.807) is 23.1 Å². The topological polar surface area (TPSA) is 38.9 Å². The number of aromatic nitrogens is 1. The molecule has 0 atom stereocenters. The number of para-hydroxylation sites is 1. The number of hydrogen-bond acceptors (Lipinski definition) is 4. The predicted molar refractivity (Wildman–Crippen MR) is 86.0 cm³/mol. The fraction of sp³-hybridized carbons (Fsp3) is 0.400. The van der Waals surface area contributed by atoms with E-state index >= 15 is 0 Å². The van der Waals surface area contributed by atoms with Crippen LogP contribution in [0.2, 0.25) is 0 Å². The van der Waals surface area contributed by atoms with Crippen LogP contribution in [0.4, 0.5) is 5.69 Å². The zero-order valence-electron chi connectivity index (χ0n) is 11.9. The van der Waals surface area contributed by atoms with E-state index in [1.165, 1.54) is 5.01 Å². The summed E-state index contributed by atoms with van der Waals surface area (Å²) in [4.78, 5) is 5.85. The van der Waals surface area contributed by atoms with Gasteiger partial charge in [0.05, 0.1) is 10.7 Å². The van der Waals surface area contributed by atoms with Gasteiger partial charge in [-0.15, -0.1) is 23.1 Å². The minimum atomic E-state index is 0.135. The number of hydrogen-bond donors (Lipinski definition) is 1. The van der Waals surface area contributed by atoms with E-state index in [9.17, 15) is 0 Å². The van der Waals surface area contributed by atoms with Gasteiger partial charge < -0.3 is 5.73 Å². The molecule has 0 aliphatic carbocycles. The molecular weight excluding hydrogens is 272 g/mol. The Hall–Kier alpha value is -1.00. The number of thiazole rings is 1. The van der Waals surface area contributed by atoms with Crippen LogP contribution in [-0.2, 0) is 11.2 Å². The van der Waals surface area contributed by atoms with E-state index in [0.29, 0.717) is 0 Å². The predicted octanol–water partition coefficient (Wildman–Crippen LogP) is 4.62. The quantitative estimate of drug-likeness (QED) is 0.662. The number of nitrogens with two attached hydrogens (primary N) is 1. The monoisotopic (exact) mass is 292 g/mol. The average Bonchev–Trinajstić information content (AvgIpc) is 2.79. The van der Waals surface area contributed by atoms with Crippen LogP contribution in [0.5, 0.6) is 0 Å². The molecule has 0 aliphatic rings. The lowest BCUT2D eigenvalue weighted by atomic mass is 9.98. The minimum Gasteiger partial charge on any atom is -0.398 e. The van der Waals surface area contributed by atoms with Crippen molar-refractivity contribution in [2.24, 2.45) is 0 Å². The molecule has 0 amide bonds. The van der Waals surface area contributed by atoms with Crippen LogP contribution in [0.1, 0.15) is 37.0 Å². The average molecular weight is 292 g/mol. The van der Waals surface area contributed by atoms with Gasteiger partial charge in [-0.1, -0.05) is 32.9 Å². The second-order valence-electron chi connectivity index (χ2n) is 5.67. The number of nitrogen functional groups attached to an aromatic ring is 1. The summed E-state index contributed by atoms with van der Waals surface area (Å²) < 4.78 is 0. The van der Waals surface area contributed by atoms with Crippen LogP contribution in [0.25, 0.3) is 0 Å². The largest absolute Gasteiger partial charge is 0.398 e. The Morgan fingerprint density at radius 3 is 2.68 bits per heavy atom. The molecule has 0 fully saturated rings. The molecule has 2 nitrogen and oxygen atoms in total. The summed E-state index contributed by atoms with van der Waals surface area (Å²) >= 11 is 3.50. The molecule has 0 bridgehead atoms. The minimum absolute atomic E-state index is 0.135. The van der Waals surface area contributed by atoms with Crippen molar-refractivity contribution >= 4 is 28.8 Å². The number of anilines is 1. The number of nitrogens with zero attached hydrogens (tertiary/aromatic N) is 1. The summed E-state index contributed by atoms with van der Waals surface area (Å²) in [6.45, 7) is 8.63. The van der Waals surface area contributed by atoms with Gasteiger partial charge in [-0.3, -0.25) is 0 Å². The van der Waals surface area contributed by atoms with Gasteiger partial charge in [0.15, 0.2) is 0 Å². The summed E-state index contributed by atoms with van der Waals surface area (Å²) in [7, 11) is 0. The molecule has 1 heterocycles. The van der Waals surface area contributed by atoms with Crippen molar-refractivity contribution in [2.75, 3.05) is 5.73 Å². The molecule has 1 aromatic heterocycles. The summed E-state index contributed by atoms with van der Waals surface area (Å²) in [5.41, 5.74) is 9.38. The highest BCUT2D eigenvalue weighted by Gasteiger charge is 2.18. The maximum Gasteiger partial charge on any atom is 0.0982 e. The molecule has 0 aliphatic heterocycles.